The van der Waals surface area contributed by atoms with Crippen LogP contribution in [0.1, 0.15) is 36.5 Å². The van der Waals surface area contributed by atoms with Gasteiger partial charge in [0.05, 0.1) is 14.2 Å². The molecule has 8 heteroatoms. The lowest BCUT2D eigenvalue weighted by molar-refractivity contribution is -0.129. The van der Waals surface area contributed by atoms with Crippen LogP contribution in [0.2, 0.25) is 5.02 Å². The summed E-state index contributed by atoms with van der Waals surface area (Å²) in [4.78, 5) is 29.1. The molecule has 1 aromatic carbocycles. The lowest BCUT2D eigenvalue weighted by Crippen LogP contribution is -2.55. The highest BCUT2D eigenvalue weighted by molar-refractivity contribution is 6.36. The number of ketones is 2. The quantitative estimate of drug-likeness (QED) is 0.690. The topological polar surface area (TPSA) is 77.1 Å². The Morgan fingerprint density at radius 3 is 2.57 bits per heavy atom. The van der Waals surface area contributed by atoms with Gasteiger partial charge in [-0.1, -0.05) is 18.5 Å². The second kappa shape index (κ2) is 8.12. The van der Waals surface area contributed by atoms with Gasteiger partial charge in [0, 0.05) is 36.8 Å². The van der Waals surface area contributed by atoms with Crippen molar-refractivity contribution in [1.82, 2.24) is 10.2 Å². The van der Waals surface area contributed by atoms with Crippen molar-refractivity contribution in [2.45, 2.75) is 31.8 Å². The van der Waals surface area contributed by atoms with E-state index in [1.807, 2.05) is 6.92 Å². The first kappa shape index (κ1) is 21.0. The van der Waals surface area contributed by atoms with Crippen molar-refractivity contribution in [2.24, 2.45) is 5.92 Å². The van der Waals surface area contributed by atoms with E-state index in [4.69, 9.17) is 25.8 Å². The van der Waals surface area contributed by atoms with Gasteiger partial charge in [-0.15, -0.1) is 0 Å². The van der Waals surface area contributed by atoms with Crippen LogP contribution in [0, 0.1) is 5.92 Å². The molecular formula is C22H27ClN2O5. The molecule has 0 saturated carbocycles. The maximum atomic E-state index is 13.4. The molecule has 1 fully saturated rings. The molecule has 0 unspecified atom stereocenters. The predicted octanol–water partition coefficient (Wildman–Crippen LogP) is 2.85. The standard InChI is InChI=1S/C22H27ClN2O5/c1-13-10-14(24-6-9-25-7-4-5-8-25)11-17(26)22(13)21(27)18-15(28-2)12-16(29-3)19(23)20(18)30-22/h11-13,24H,4-10H2,1-3H3/t13-,22+/m1/s1. The minimum absolute atomic E-state index is 0.150. The summed E-state index contributed by atoms with van der Waals surface area (Å²) >= 11 is 6.40. The van der Waals surface area contributed by atoms with Crippen molar-refractivity contribution < 1.29 is 23.8 Å². The minimum Gasteiger partial charge on any atom is -0.496 e. The van der Waals surface area contributed by atoms with Gasteiger partial charge in [0.2, 0.25) is 17.2 Å². The molecule has 0 aromatic heterocycles. The Bertz CT molecular complexity index is 909. The minimum atomic E-state index is -1.62. The Kier molecular flexibility index (Phi) is 5.68. The van der Waals surface area contributed by atoms with E-state index in [1.165, 1.54) is 33.1 Å². The SMILES string of the molecule is COc1cc(OC)c2c(c1Cl)O[C@@]1(C(=O)C=C(NCCN3CCCC3)C[C@H]1C)C2=O. The number of methoxy groups -OCH3 is 2. The molecule has 2 atom stereocenters. The number of carbonyl (C=O) groups excluding carboxylic acids is 2. The van der Waals surface area contributed by atoms with Gasteiger partial charge >= 0.3 is 0 Å². The van der Waals surface area contributed by atoms with Crippen LogP contribution in [-0.2, 0) is 4.79 Å². The lowest BCUT2D eigenvalue weighted by Gasteiger charge is -2.35. The average Bonchev–Trinajstić information content (AvgIpc) is 3.35. The molecule has 3 aliphatic rings. The van der Waals surface area contributed by atoms with Gasteiger partial charge in [0.1, 0.15) is 22.1 Å². The third-order valence-electron chi connectivity index (χ3n) is 6.29. The summed E-state index contributed by atoms with van der Waals surface area (Å²) < 4.78 is 16.7. The van der Waals surface area contributed by atoms with Gasteiger partial charge in [-0.2, -0.15) is 0 Å². The zero-order valence-corrected chi connectivity index (χ0v) is 18.3. The van der Waals surface area contributed by atoms with Crippen LogP contribution in [0.15, 0.2) is 17.8 Å². The van der Waals surface area contributed by atoms with E-state index in [2.05, 4.69) is 10.2 Å². The Morgan fingerprint density at radius 2 is 1.93 bits per heavy atom. The maximum Gasteiger partial charge on any atom is 0.236 e. The van der Waals surface area contributed by atoms with Crippen molar-refractivity contribution in [3.05, 3.63) is 28.4 Å². The number of fused-ring (bicyclic) bond motifs is 1. The van der Waals surface area contributed by atoms with Gasteiger partial charge in [0.15, 0.2) is 5.75 Å². The zero-order valence-electron chi connectivity index (χ0n) is 17.5. The van der Waals surface area contributed by atoms with Crippen molar-refractivity contribution in [2.75, 3.05) is 40.4 Å². The summed E-state index contributed by atoms with van der Waals surface area (Å²) in [6.07, 6.45) is 4.53. The van der Waals surface area contributed by atoms with Crippen LogP contribution in [0.5, 0.6) is 17.2 Å². The third-order valence-corrected chi connectivity index (χ3v) is 6.65. The van der Waals surface area contributed by atoms with E-state index >= 15 is 0 Å². The van der Waals surface area contributed by atoms with Crippen molar-refractivity contribution in [3.63, 3.8) is 0 Å². The molecule has 162 valence electrons. The monoisotopic (exact) mass is 434 g/mol. The van der Waals surface area contributed by atoms with Crippen LogP contribution < -0.4 is 19.5 Å². The number of benzene rings is 1. The number of carbonyl (C=O) groups is 2. The molecule has 0 radical (unpaired) electrons. The summed E-state index contributed by atoms with van der Waals surface area (Å²) in [6, 6.07) is 1.54. The number of likely N-dealkylation sites (tertiary alicyclic amines) is 1. The molecule has 1 N–H and O–H groups in total. The lowest BCUT2D eigenvalue weighted by atomic mass is 9.74. The molecular weight excluding hydrogens is 408 g/mol. The van der Waals surface area contributed by atoms with E-state index in [0.717, 1.165) is 31.9 Å². The largest absolute Gasteiger partial charge is 0.496 e. The van der Waals surface area contributed by atoms with Crippen LogP contribution in [-0.4, -0.2) is 62.5 Å². The van der Waals surface area contributed by atoms with Crippen molar-refractivity contribution in [1.29, 1.82) is 0 Å². The van der Waals surface area contributed by atoms with Gasteiger partial charge in [-0.25, -0.2) is 0 Å². The summed E-state index contributed by atoms with van der Waals surface area (Å²) in [5.74, 6) is -0.390. The third kappa shape index (κ3) is 3.24. The molecule has 0 amide bonds. The number of nitrogens with one attached hydrogen (secondary N) is 1. The van der Waals surface area contributed by atoms with Crippen LogP contribution in [0.3, 0.4) is 0 Å². The molecule has 4 rings (SSSR count). The Hall–Kier alpha value is -2.25. The number of Topliss-reactive ketones (excluding diaryl/α,β-unsaturated/α-hetero) is 1. The van der Waals surface area contributed by atoms with Crippen LogP contribution in [0.4, 0.5) is 0 Å². The summed E-state index contributed by atoms with van der Waals surface area (Å²) in [5.41, 5.74) is -0.589. The predicted molar refractivity (Wildman–Crippen MR) is 113 cm³/mol. The fourth-order valence-corrected chi connectivity index (χ4v) is 4.90. The van der Waals surface area contributed by atoms with E-state index in [0.29, 0.717) is 12.2 Å². The molecule has 1 aliphatic carbocycles. The van der Waals surface area contributed by atoms with Gasteiger partial charge < -0.3 is 24.4 Å². The van der Waals surface area contributed by atoms with Gasteiger partial charge in [-0.3, -0.25) is 9.59 Å². The highest BCUT2D eigenvalue weighted by atomic mass is 35.5. The molecule has 0 bridgehead atoms. The normalized spacial score (nSPS) is 25.9. The summed E-state index contributed by atoms with van der Waals surface area (Å²) in [7, 11) is 2.92. The molecule has 2 aliphatic heterocycles. The highest BCUT2D eigenvalue weighted by Gasteiger charge is 2.60. The first-order valence-corrected chi connectivity index (χ1v) is 10.7. The summed E-state index contributed by atoms with van der Waals surface area (Å²) in [5, 5.41) is 3.53. The molecule has 1 spiro atoms. The number of allylic oxidation sites excluding steroid dienone is 1. The first-order valence-electron chi connectivity index (χ1n) is 10.3. The summed E-state index contributed by atoms with van der Waals surface area (Å²) in [6.45, 7) is 5.83. The Morgan fingerprint density at radius 1 is 1.23 bits per heavy atom. The number of rotatable bonds is 6. The van der Waals surface area contributed by atoms with Crippen molar-refractivity contribution in [3.8, 4) is 17.2 Å². The average molecular weight is 435 g/mol. The number of hydrogen-bond donors (Lipinski definition) is 1. The van der Waals surface area contributed by atoms with E-state index < -0.39 is 11.4 Å². The molecule has 2 heterocycles. The van der Waals surface area contributed by atoms with Gasteiger partial charge in [-0.05, 0) is 32.4 Å². The fraction of sp³-hybridized carbons (Fsp3) is 0.545. The number of halogens is 1. The second-order valence-electron chi connectivity index (χ2n) is 8.08. The number of nitrogens with zero attached hydrogens (tertiary/aromatic N) is 1. The van der Waals surface area contributed by atoms with E-state index in [9.17, 15) is 9.59 Å². The molecule has 1 saturated heterocycles. The number of ether oxygens (including phenoxy) is 3. The second-order valence-corrected chi connectivity index (χ2v) is 8.46. The van der Waals surface area contributed by atoms with Crippen LogP contribution >= 0.6 is 11.6 Å². The van der Waals surface area contributed by atoms with Gasteiger partial charge in [0.25, 0.3) is 0 Å². The molecule has 7 nitrogen and oxygen atoms in total. The highest BCUT2D eigenvalue weighted by Crippen LogP contribution is 2.52. The number of hydrogen-bond acceptors (Lipinski definition) is 7. The zero-order chi connectivity index (χ0) is 21.5. The fourth-order valence-electron chi connectivity index (χ4n) is 4.63. The Balaban J connectivity index is 1.58. The maximum absolute atomic E-state index is 13.4. The van der Waals surface area contributed by atoms with Crippen LogP contribution in [0.25, 0.3) is 0 Å². The van der Waals surface area contributed by atoms with E-state index in [-0.39, 0.29) is 33.8 Å². The first-order chi connectivity index (χ1) is 14.4. The van der Waals surface area contributed by atoms with Crippen molar-refractivity contribution >= 4 is 23.2 Å². The van der Waals surface area contributed by atoms with E-state index in [1.54, 1.807) is 6.07 Å². The molecule has 1 aromatic rings. The molecule has 30 heavy (non-hydrogen) atoms. The Labute approximate surface area is 181 Å². The smallest absolute Gasteiger partial charge is 0.236 e.